The summed E-state index contributed by atoms with van der Waals surface area (Å²) in [5, 5.41) is 3.43. The van der Waals surface area contributed by atoms with Gasteiger partial charge in [-0.2, -0.15) is 0 Å². The zero-order valence-electron chi connectivity index (χ0n) is 9.25. The van der Waals surface area contributed by atoms with Gasteiger partial charge in [0, 0.05) is 4.91 Å². The molecule has 0 saturated carbocycles. The van der Waals surface area contributed by atoms with Gasteiger partial charge in [0.05, 0.1) is 18.2 Å². The first-order valence-electron chi connectivity index (χ1n) is 4.94. The van der Waals surface area contributed by atoms with E-state index in [9.17, 15) is 4.79 Å². The van der Waals surface area contributed by atoms with Crippen LogP contribution in [0.25, 0.3) is 10.4 Å². The van der Waals surface area contributed by atoms with Crippen LogP contribution in [0, 0.1) is 0 Å². The molecule has 0 aliphatic rings. The molecule has 0 radical (unpaired) electrons. The number of hydrogen-bond donors (Lipinski definition) is 0. The summed E-state index contributed by atoms with van der Waals surface area (Å²) in [6.07, 6.45) is -0.145. The maximum Gasteiger partial charge on any atom is 0.338 e. The number of rotatable bonds is 4. The largest absolute Gasteiger partial charge is 0.459 e. The molecule has 0 fully saturated rings. The SMILES string of the molecule is CC(C)OC(=O)c1cccc(CN=[N+]=[N-])c1. The van der Waals surface area contributed by atoms with E-state index in [4.69, 9.17) is 10.3 Å². The molecule has 0 unspecified atom stereocenters. The molecule has 0 atom stereocenters. The van der Waals surface area contributed by atoms with Gasteiger partial charge in [-0.05, 0) is 37.1 Å². The van der Waals surface area contributed by atoms with E-state index >= 15 is 0 Å². The Morgan fingerprint density at radius 1 is 1.56 bits per heavy atom. The Balaban J connectivity index is 2.81. The highest BCUT2D eigenvalue weighted by Gasteiger charge is 2.08. The quantitative estimate of drug-likeness (QED) is 0.337. The summed E-state index contributed by atoms with van der Waals surface area (Å²) in [6.45, 7) is 3.82. The lowest BCUT2D eigenvalue weighted by Crippen LogP contribution is -2.11. The molecule has 0 heterocycles. The highest BCUT2D eigenvalue weighted by molar-refractivity contribution is 5.89. The lowest BCUT2D eigenvalue weighted by molar-refractivity contribution is 0.0378. The highest BCUT2D eigenvalue weighted by atomic mass is 16.5. The van der Waals surface area contributed by atoms with Crippen molar-refractivity contribution in [3.05, 3.63) is 45.8 Å². The van der Waals surface area contributed by atoms with Crippen LogP contribution in [0.2, 0.25) is 0 Å². The smallest absolute Gasteiger partial charge is 0.338 e. The number of benzene rings is 1. The van der Waals surface area contributed by atoms with Crippen LogP contribution in [0.3, 0.4) is 0 Å². The Kier molecular flexibility index (Phi) is 4.36. The van der Waals surface area contributed by atoms with Crippen molar-refractivity contribution in [2.45, 2.75) is 26.5 Å². The van der Waals surface area contributed by atoms with Gasteiger partial charge in [-0.3, -0.25) is 0 Å². The van der Waals surface area contributed by atoms with Gasteiger partial charge in [-0.25, -0.2) is 4.79 Å². The average Bonchev–Trinajstić information content (AvgIpc) is 2.26. The first-order chi connectivity index (χ1) is 7.63. The van der Waals surface area contributed by atoms with Crippen molar-refractivity contribution in [3.63, 3.8) is 0 Å². The second-order valence-corrected chi connectivity index (χ2v) is 3.54. The van der Waals surface area contributed by atoms with Gasteiger partial charge in [0.25, 0.3) is 0 Å². The maximum absolute atomic E-state index is 11.6. The molecule has 16 heavy (non-hydrogen) atoms. The van der Waals surface area contributed by atoms with Crippen LogP contribution in [0.1, 0.15) is 29.8 Å². The number of esters is 1. The predicted octanol–water partition coefficient (Wildman–Crippen LogP) is 3.06. The van der Waals surface area contributed by atoms with Gasteiger partial charge in [0.1, 0.15) is 0 Å². The van der Waals surface area contributed by atoms with E-state index in [1.54, 1.807) is 38.1 Å². The van der Waals surface area contributed by atoms with Crippen molar-refractivity contribution in [1.82, 2.24) is 0 Å². The Morgan fingerprint density at radius 2 is 2.31 bits per heavy atom. The van der Waals surface area contributed by atoms with Gasteiger partial charge >= 0.3 is 5.97 Å². The van der Waals surface area contributed by atoms with Gasteiger partial charge in [0.2, 0.25) is 0 Å². The predicted molar refractivity (Wildman–Crippen MR) is 59.8 cm³/mol. The fourth-order valence-corrected chi connectivity index (χ4v) is 1.19. The van der Waals surface area contributed by atoms with Crippen LogP contribution in [-0.2, 0) is 11.3 Å². The second kappa shape index (κ2) is 5.78. The van der Waals surface area contributed by atoms with Gasteiger partial charge in [0.15, 0.2) is 0 Å². The van der Waals surface area contributed by atoms with Crippen molar-refractivity contribution >= 4 is 5.97 Å². The lowest BCUT2D eigenvalue weighted by atomic mass is 10.1. The number of hydrogen-bond acceptors (Lipinski definition) is 3. The van der Waals surface area contributed by atoms with Crippen LogP contribution in [0.4, 0.5) is 0 Å². The van der Waals surface area contributed by atoms with E-state index in [2.05, 4.69) is 10.0 Å². The van der Waals surface area contributed by atoms with E-state index in [0.29, 0.717) is 5.56 Å². The first kappa shape index (κ1) is 12.1. The molecule has 0 bridgehead atoms. The van der Waals surface area contributed by atoms with E-state index in [1.807, 2.05) is 0 Å². The van der Waals surface area contributed by atoms with Gasteiger partial charge in [-0.15, -0.1) is 0 Å². The normalized spacial score (nSPS) is 9.69. The number of carbonyl (C=O) groups is 1. The third-order valence-corrected chi connectivity index (χ3v) is 1.82. The second-order valence-electron chi connectivity index (χ2n) is 3.54. The van der Waals surface area contributed by atoms with E-state index in [0.717, 1.165) is 5.56 Å². The molecule has 0 aliphatic heterocycles. The summed E-state index contributed by atoms with van der Waals surface area (Å²) in [7, 11) is 0. The summed E-state index contributed by atoms with van der Waals surface area (Å²) in [4.78, 5) is 14.2. The molecular weight excluding hydrogens is 206 g/mol. The molecule has 1 aromatic carbocycles. The van der Waals surface area contributed by atoms with E-state index < -0.39 is 0 Å². The minimum absolute atomic E-state index is 0.145. The number of carbonyl (C=O) groups excluding carboxylic acids is 1. The average molecular weight is 219 g/mol. The number of azide groups is 1. The highest BCUT2D eigenvalue weighted by Crippen LogP contribution is 2.09. The van der Waals surface area contributed by atoms with E-state index in [1.165, 1.54) is 0 Å². The molecular formula is C11H13N3O2. The van der Waals surface area contributed by atoms with Crippen molar-refractivity contribution in [2.24, 2.45) is 5.11 Å². The molecule has 0 N–H and O–H groups in total. The summed E-state index contributed by atoms with van der Waals surface area (Å²) in [6, 6.07) is 6.86. The molecule has 0 saturated heterocycles. The molecule has 5 heteroatoms. The zero-order chi connectivity index (χ0) is 12.0. The van der Waals surface area contributed by atoms with Gasteiger partial charge in [-0.1, -0.05) is 17.2 Å². The number of ether oxygens (including phenoxy) is 1. The lowest BCUT2D eigenvalue weighted by Gasteiger charge is -2.08. The van der Waals surface area contributed by atoms with Gasteiger partial charge < -0.3 is 4.74 Å². The molecule has 0 aromatic heterocycles. The van der Waals surface area contributed by atoms with Crippen LogP contribution in [-0.4, -0.2) is 12.1 Å². The molecule has 1 aromatic rings. The third kappa shape index (κ3) is 3.63. The fourth-order valence-electron chi connectivity index (χ4n) is 1.19. The third-order valence-electron chi connectivity index (χ3n) is 1.82. The van der Waals surface area contributed by atoms with Crippen molar-refractivity contribution < 1.29 is 9.53 Å². The van der Waals surface area contributed by atoms with Crippen LogP contribution >= 0.6 is 0 Å². The Labute approximate surface area is 93.7 Å². The topological polar surface area (TPSA) is 75.1 Å². The Hall–Kier alpha value is -2.00. The van der Waals surface area contributed by atoms with Crippen molar-refractivity contribution in [1.29, 1.82) is 0 Å². The fraction of sp³-hybridized carbons (Fsp3) is 0.364. The molecule has 1 rings (SSSR count). The summed E-state index contributed by atoms with van der Waals surface area (Å²) >= 11 is 0. The summed E-state index contributed by atoms with van der Waals surface area (Å²) < 4.78 is 5.05. The maximum atomic E-state index is 11.6. The molecule has 0 spiro atoms. The van der Waals surface area contributed by atoms with Crippen LogP contribution in [0.15, 0.2) is 29.4 Å². The summed E-state index contributed by atoms with van der Waals surface area (Å²) in [5.41, 5.74) is 9.45. The van der Waals surface area contributed by atoms with Crippen molar-refractivity contribution in [2.75, 3.05) is 0 Å². The standard InChI is InChI=1S/C11H13N3O2/c1-8(2)16-11(15)10-5-3-4-9(6-10)7-13-14-12/h3-6,8H,7H2,1-2H3. The Morgan fingerprint density at radius 3 is 2.94 bits per heavy atom. The van der Waals surface area contributed by atoms with E-state index in [-0.39, 0.29) is 18.6 Å². The van der Waals surface area contributed by atoms with Crippen molar-refractivity contribution in [3.8, 4) is 0 Å². The molecule has 84 valence electrons. The first-order valence-corrected chi connectivity index (χ1v) is 4.94. The van der Waals surface area contributed by atoms with Crippen LogP contribution < -0.4 is 0 Å². The molecule has 0 amide bonds. The monoisotopic (exact) mass is 219 g/mol. The molecule has 5 nitrogen and oxygen atoms in total. The molecule has 0 aliphatic carbocycles. The van der Waals surface area contributed by atoms with Crippen LogP contribution in [0.5, 0.6) is 0 Å². The zero-order valence-corrected chi connectivity index (χ0v) is 9.25. The summed E-state index contributed by atoms with van der Waals surface area (Å²) in [5.74, 6) is -0.363. The Bertz CT molecular complexity index is 423. The minimum Gasteiger partial charge on any atom is -0.459 e. The minimum atomic E-state index is -0.363. The number of nitrogens with zero attached hydrogens (tertiary/aromatic N) is 3.